The van der Waals surface area contributed by atoms with Crippen molar-refractivity contribution >= 4 is 115 Å². The molecule has 0 saturated carbocycles. The topological polar surface area (TPSA) is 24.9 Å². The number of para-hydroxylation sites is 6. The number of nitrogens with zero attached hydrogens (tertiary/aromatic N) is 2. The third-order valence-corrected chi connectivity index (χ3v) is 20.9. The van der Waals surface area contributed by atoms with Gasteiger partial charge >= 0.3 is 0 Å². The highest BCUT2D eigenvalue weighted by atomic mass is 32.1. The summed E-state index contributed by atoms with van der Waals surface area (Å²) >= 11 is 7.40. The Labute approximate surface area is 473 Å². The van der Waals surface area contributed by atoms with Crippen molar-refractivity contribution in [3.05, 3.63) is 302 Å². The van der Waals surface area contributed by atoms with Crippen LogP contribution in [0.5, 0.6) is 23.0 Å². The van der Waals surface area contributed by atoms with Gasteiger partial charge in [-0.3, -0.25) is 0 Å². The van der Waals surface area contributed by atoms with Crippen LogP contribution in [0.1, 0.15) is 50.1 Å². The van der Waals surface area contributed by atoms with Gasteiger partial charge in [-0.2, -0.15) is 0 Å². The highest BCUT2D eigenvalue weighted by molar-refractivity contribution is 7.26. The fraction of sp³-hybridized carbons (Fsp3) is 0.0423. The average Bonchev–Trinajstić information content (AvgIpc) is 2.17. The molecule has 13 aromatic rings. The summed E-state index contributed by atoms with van der Waals surface area (Å²) < 4.78 is 19.1. The van der Waals surface area contributed by atoms with Gasteiger partial charge in [-0.25, -0.2) is 0 Å². The number of ether oxygens (including phenoxy) is 2. The normalized spacial score (nSPS) is 14.5. The molecule has 0 N–H and O–H groups in total. The Morgan fingerprint density at radius 1 is 0.405 bits per heavy atom. The van der Waals surface area contributed by atoms with Crippen LogP contribution in [-0.2, 0) is 10.8 Å². The number of fused-ring (bicyclic) bond motifs is 18. The third kappa shape index (κ3) is 6.69. The van der Waals surface area contributed by atoms with E-state index in [4.69, 9.17) is 16.1 Å². The second-order valence-corrected chi connectivity index (χ2v) is 24.5. The van der Waals surface area contributed by atoms with E-state index in [2.05, 4.69) is 265 Å². The molecule has 8 heteroatoms. The van der Waals surface area contributed by atoms with Crippen LogP contribution < -0.4 is 29.0 Å². The molecule has 16 rings (SSSR count). The van der Waals surface area contributed by atoms with E-state index in [1.807, 2.05) is 45.3 Å². The van der Waals surface area contributed by atoms with Crippen LogP contribution in [0.25, 0.3) is 42.4 Å². The summed E-state index contributed by atoms with van der Waals surface area (Å²) in [6.45, 7) is 7.12. The first-order chi connectivity index (χ1) is 39.0. The fourth-order valence-corrected chi connectivity index (χ4v) is 18.3. The van der Waals surface area contributed by atoms with E-state index < -0.39 is 10.8 Å². The van der Waals surface area contributed by atoms with E-state index in [0.717, 1.165) is 78.0 Å². The minimum atomic E-state index is -0.859. The van der Waals surface area contributed by atoms with Gasteiger partial charge in [-0.05, 0) is 120 Å². The maximum Gasteiger partial charge on any atom is 0.132 e. The minimum Gasteiger partial charge on any atom is -0.457 e. The van der Waals surface area contributed by atoms with Crippen molar-refractivity contribution in [2.75, 3.05) is 9.80 Å². The number of hydrogen-bond donors (Lipinski definition) is 0. The molecule has 0 fully saturated rings. The van der Waals surface area contributed by atoms with E-state index in [1.165, 1.54) is 60.9 Å². The summed E-state index contributed by atoms with van der Waals surface area (Å²) in [4.78, 5) is 7.30. The fourth-order valence-electron chi connectivity index (χ4n) is 12.9. The van der Waals surface area contributed by atoms with Crippen LogP contribution in [0.15, 0.2) is 249 Å². The molecule has 0 bridgehead atoms. The number of allylic oxidation sites excluding steroid dienone is 1. The maximum atomic E-state index is 7.07. The SMILES string of the molecule is C=C(/C=c1/sc2ccccc2/c1=C/C)N(c1ccccc1)c1cc2c(s1)C1(c3ccccc3Oc3ccccc31)c1cc(N(c3ccccc3)c3ccc4c(c3)sc3ccccc34)sc1C21c2ccccc2Oc2ccccc21. The molecule has 6 heterocycles. The monoisotopic (exact) mass is 1090 g/mol. The van der Waals surface area contributed by atoms with Crippen molar-refractivity contribution in [3.8, 4) is 23.0 Å². The molecule has 0 saturated heterocycles. The molecule has 0 amide bonds. The van der Waals surface area contributed by atoms with Crippen molar-refractivity contribution in [2.24, 2.45) is 0 Å². The van der Waals surface area contributed by atoms with Crippen molar-refractivity contribution < 1.29 is 9.47 Å². The molecule has 1 aliphatic carbocycles. The molecule has 376 valence electrons. The number of rotatable bonds is 7. The quantitative estimate of drug-likeness (QED) is 0.159. The van der Waals surface area contributed by atoms with Gasteiger partial charge < -0.3 is 19.3 Å². The van der Waals surface area contributed by atoms with Gasteiger partial charge in [0, 0.05) is 84.2 Å². The third-order valence-electron chi connectivity index (χ3n) is 16.2. The molecular weight excluding hydrogens is 1040 g/mol. The second-order valence-electron chi connectivity index (χ2n) is 20.3. The van der Waals surface area contributed by atoms with Gasteiger partial charge in [0.15, 0.2) is 0 Å². The number of anilines is 5. The summed E-state index contributed by atoms with van der Waals surface area (Å²) in [5.74, 6) is 3.35. The highest BCUT2D eigenvalue weighted by Crippen LogP contribution is 2.71. The lowest BCUT2D eigenvalue weighted by atomic mass is 9.54. The molecule has 0 atom stereocenters. The lowest BCUT2D eigenvalue weighted by Crippen LogP contribution is -2.45. The van der Waals surface area contributed by atoms with Crippen LogP contribution in [0.3, 0.4) is 0 Å². The van der Waals surface area contributed by atoms with Gasteiger partial charge in [0.1, 0.15) is 33.0 Å². The zero-order chi connectivity index (χ0) is 52.4. The largest absolute Gasteiger partial charge is 0.457 e. The zero-order valence-electron chi connectivity index (χ0n) is 42.7. The van der Waals surface area contributed by atoms with Crippen LogP contribution >= 0.6 is 45.3 Å². The molecular formula is C71H46N2O2S4. The van der Waals surface area contributed by atoms with Gasteiger partial charge in [0.25, 0.3) is 0 Å². The van der Waals surface area contributed by atoms with E-state index in [0.29, 0.717) is 0 Å². The predicted octanol–water partition coefficient (Wildman–Crippen LogP) is 19.1. The summed E-state index contributed by atoms with van der Waals surface area (Å²) in [6.07, 6.45) is 4.52. The Morgan fingerprint density at radius 2 is 0.861 bits per heavy atom. The maximum absolute atomic E-state index is 7.07. The van der Waals surface area contributed by atoms with Gasteiger partial charge in [0.05, 0.1) is 10.8 Å². The van der Waals surface area contributed by atoms with Gasteiger partial charge in [-0.1, -0.05) is 164 Å². The first-order valence-corrected chi connectivity index (χ1v) is 29.8. The number of hydrogen-bond acceptors (Lipinski definition) is 8. The van der Waals surface area contributed by atoms with Crippen LogP contribution in [0, 0.1) is 0 Å². The van der Waals surface area contributed by atoms with Crippen LogP contribution in [0.4, 0.5) is 27.1 Å². The number of thiophene rings is 4. The average molecular weight is 1090 g/mol. The minimum absolute atomic E-state index is 0.838. The first-order valence-electron chi connectivity index (χ1n) is 26.5. The molecule has 0 radical (unpaired) electrons. The molecule has 2 spiro atoms. The smallest absolute Gasteiger partial charge is 0.132 e. The highest BCUT2D eigenvalue weighted by Gasteiger charge is 2.61. The molecule has 2 aliphatic heterocycles. The Bertz CT molecular complexity index is 4520. The van der Waals surface area contributed by atoms with Crippen molar-refractivity contribution in [1.82, 2.24) is 0 Å². The summed E-state index contributed by atoms with van der Waals surface area (Å²) in [5.41, 5.74) is 9.15. The van der Waals surface area contributed by atoms with Gasteiger partial charge in [-0.15, -0.1) is 45.3 Å². The Kier molecular flexibility index (Phi) is 10.5. The second kappa shape index (κ2) is 17.9. The van der Waals surface area contributed by atoms with E-state index in [9.17, 15) is 0 Å². The molecule has 4 nitrogen and oxygen atoms in total. The first kappa shape index (κ1) is 46.3. The van der Waals surface area contributed by atoms with E-state index in [-0.39, 0.29) is 0 Å². The Morgan fingerprint density at radius 3 is 1.43 bits per heavy atom. The van der Waals surface area contributed by atoms with E-state index in [1.54, 1.807) is 0 Å². The van der Waals surface area contributed by atoms with Crippen molar-refractivity contribution in [3.63, 3.8) is 0 Å². The zero-order valence-corrected chi connectivity index (χ0v) is 46.0. The van der Waals surface area contributed by atoms with Crippen LogP contribution in [-0.4, -0.2) is 0 Å². The lowest BCUT2D eigenvalue weighted by molar-refractivity contribution is 0.418. The van der Waals surface area contributed by atoms with Gasteiger partial charge in [0.2, 0.25) is 0 Å². The molecule has 9 aromatic carbocycles. The predicted molar refractivity (Wildman–Crippen MR) is 333 cm³/mol. The molecule has 3 aliphatic rings. The summed E-state index contributed by atoms with van der Waals surface area (Å²) in [6, 6.07) is 86.1. The number of benzene rings is 9. The summed E-state index contributed by atoms with van der Waals surface area (Å²) in [7, 11) is 0. The summed E-state index contributed by atoms with van der Waals surface area (Å²) in [5, 5.41) is 7.18. The van der Waals surface area contributed by atoms with Crippen molar-refractivity contribution in [2.45, 2.75) is 17.8 Å². The molecule has 0 unspecified atom stereocenters. The Balaban J connectivity index is 1.04. The van der Waals surface area contributed by atoms with Crippen LogP contribution in [0.2, 0.25) is 0 Å². The molecule has 4 aromatic heterocycles. The standard InChI is InChI=1S/C71H46N2O2S4/c1-3-48-49-26-10-20-36-62(49)76-64(48)40-44(2)72(45-22-6-4-7-23-45)66-42-56-68(78-66)71(54-30-14-18-34-60(54)75-61-35-19-15-31-55(61)71)57-43-67(79-69(57)70(56)52-28-12-16-32-58(52)74-59-33-17-13-29-53(59)70)73(46-24-8-5-9-25-46)47-38-39-51-50-27-11-21-37-63(50)77-65(51)41-47/h3-43H,2H2,1H3/b48-3-,64-40+. The lowest BCUT2D eigenvalue weighted by Gasteiger charge is -2.50. The van der Waals surface area contributed by atoms with E-state index >= 15 is 0 Å². The van der Waals surface area contributed by atoms with Crippen molar-refractivity contribution in [1.29, 1.82) is 0 Å². The Hall–Kier alpha value is -8.76. The molecule has 79 heavy (non-hydrogen) atoms.